The van der Waals surface area contributed by atoms with Crippen molar-refractivity contribution in [1.82, 2.24) is 28.6 Å². The Morgan fingerprint density at radius 1 is 0.646 bits per heavy atom. The van der Waals surface area contributed by atoms with Crippen LogP contribution in [0.2, 0.25) is 10.0 Å². The van der Waals surface area contributed by atoms with E-state index in [1.807, 2.05) is 105 Å². The molecular formula is C38H38Cl2N6O2. The Morgan fingerprint density at radius 3 is 1.46 bits per heavy atom. The van der Waals surface area contributed by atoms with Crippen LogP contribution in [0, 0.1) is 13.8 Å². The molecule has 2 fully saturated rings. The third kappa shape index (κ3) is 5.41. The monoisotopic (exact) mass is 680 g/mol. The van der Waals surface area contributed by atoms with Crippen LogP contribution >= 0.6 is 23.2 Å². The van der Waals surface area contributed by atoms with Crippen molar-refractivity contribution < 1.29 is 0 Å². The maximum absolute atomic E-state index is 13.6. The van der Waals surface area contributed by atoms with Gasteiger partial charge in [0.25, 0.3) is 11.1 Å². The third-order valence-corrected chi connectivity index (χ3v) is 11.0. The second-order valence-electron chi connectivity index (χ2n) is 13.3. The lowest BCUT2D eigenvalue weighted by Gasteiger charge is -2.15. The molecule has 246 valence electrons. The van der Waals surface area contributed by atoms with Crippen LogP contribution in [-0.2, 0) is 13.1 Å². The Labute approximate surface area is 288 Å². The Hall–Kier alpha value is -4.08. The third-order valence-electron chi connectivity index (χ3n) is 10.2. The van der Waals surface area contributed by atoms with Crippen LogP contribution in [-0.4, -0.2) is 43.1 Å². The molecule has 8 rings (SSSR count). The van der Waals surface area contributed by atoms with E-state index in [2.05, 4.69) is 10.6 Å². The van der Waals surface area contributed by atoms with Gasteiger partial charge in [-0.3, -0.25) is 9.59 Å². The number of hydrogen-bond acceptors (Lipinski definition) is 4. The van der Waals surface area contributed by atoms with Gasteiger partial charge in [0.05, 0.1) is 10.0 Å². The van der Waals surface area contributed by atoms with Crippen LogP contribution in [0.4, 0.5) is 0 Å². The average Bonchev–Trinajstić information content (AvgIpc) is 3.90. The van der Waals surface area contributed by atoms with Gasteiger partial charge in [0, 0.05) is 94.7 Å². The van der Waals surface area contributed by atoms with Gasteiger partial charge >= 0.3 is 0 Å². The van der Waals surface area contributed by atoms with E-state index in [4.69, 9.17) is 23.2 Å². The van der Waals surface area contributed by atoms with Crippen molar-refractivity contribution in [1.29, 1.82) is 0 Å². The fraction of sp³-hybridized carbons (Fsp3) is 0.316. The molecular weight excluding hydrogens is 643 g/mol. The van der Waals surface area contributed by atoms with E-state index in [1.54, 1.807) is 0 Å². The molecule has 0 radical (unpaired) electrons. The fourth-order valence-electron chi connectivity index (χ4n) is 7.59. The Bertz CT molecular complexity index is 2150. The zero-order valence-electron chi connectivity index (χ0n) is 27.1. The fourth-order valence-corrected chi connectivity index (χ4v) is 8.27. The van der Waals surface area contributed by atoms with Gasteiger partial charge in [-0.2, -0.15) is 0 Å². The number of nitrogens with one attached hydrogen (secondary N) is 2. The van der Waals surface area contributed by atoms with E-state index in [9.17, 15) is 9.59 Å². The van der Waals surface area contributed by atoms with Gasteiger partial charge in [-0.1, -0.05) is 59.6 Å². The molecule has 0 unspecified atom stereocenters. The number of fused-ring (bicyclic) bond motifs is 2. The van der Waals surface area contributed by atoms with Crippen molar-refractivity contribution in [2.75, 3.05) is 13.1 Å². The first-order valence-electron chi connectivity index (χ1n) is 16.8. The summed E-state index contributed by atoms with van der Waals surface area (Å²) in [7, 11) is 0. The van der Waals surface area contributed by atoms with Crippen LogP contribution in [0.25, 0.3) is 44.4 Å². The highest BCUT2D eigenvalue weighted by Crippen LogP contribution is 2.42. The maximum atomic E-state index is 13.6. The molecule has 0 saturated carbocycles. The zero-order valence-corrected chi connectivity index (χ0v) is 28.6. The number of halogens is 2. The average molecular weight is 682 g/mol. The molecule has 4 aromatic heterocycles. The molecule has 6 heterocycles. The Kier molecular flexibility index (Phi) is 8.08. The molecule has 2 N–H and O–H groups in total. The summed E-state index contributed by atoms with van der Waals surface area (Å²) in [5.41, 5.74) is 8.02. The molecule has 8 nitrogen and oxygen atoms in total. The number of aromatic nitrogens is 4. The largest absolute Gasteiger partial charge is 0.317 e. The summed E-state index contributed by atoms with van der Waals surface area (Å²) < 4.78 is 7.56. The van der Waals surface area contributed by atoms with E-state index in [0.29, 0.717) is 46.3 Å². The summed E-state index contributed by atoms with van der Waals surface area (Å²) in [5.74, 6) is 0. The van der Waals surface area contributed by atoms with Crippen LogP contribution < -0.4 is 21.8 Å². The van der Waals surface area contributed by atoms with Crippen LogP contribution in [0.3, 0.4) is 0 Å². The summed E-state index contributed by atoms with van der Waals surface area (Å²) in [6, 6.07) is 16.3. The number of benzene rings is 2. The summed E-state index contributed by atoms with van der Waals surface area (Å²) in [4.78, 5) is 27.2. The van der Waals surface area contributed by atoms with Crippen molar-refractivity contribution in [3.8, 4) is 33.4 Å². The van der Waals surface area contributed by atoms with E-state index in [-0.39, 0.29) is 11.1 Å². The minimum Gasteiger partial charge on any atom is -0.317 e. The van der Waals surface area contributed by atoms with Crippen molar-refractivity contribution in [3.05, 3.63) is 115 Å². The smallest absolute Gasteiger partial charge is 0.275 e. The first-order valence-corrected chi connectivity index (χ1v) is 17.5. The highest BCUT2D eigenvalue weighted by Gasteiger charge is 2.21. The SMILES string of the molecule is Cc1cn2cc(-c3cccc(-c4cccc(-c5cc6c(=O)n(C[C@H]7CCCN7)c(C)cn6c5)c4Cl)c3Cl)cc2c(=O)n1C[C@H]1CCCN1. The Balaban J connectivity index is 1.16. The van der Waals surface area contributed by atoms with Crippen molar-refractivity contribution in [3.63, 3.8) is 0 Å². The standard InChI is InChI=1S/C38H38Cl2N6O2/c1-23-17-43-19-25(15-33(43)37(47)45(23)21-27-7-5-13-41-27)29-9-3-11-31(35(29)39)32-12-4-10-30(36(32)40)26-16-34-38(48)46(22-28-8-6-14-42-28)24(2)18-44(34)20-26/h3-4,9-12,15-20,27-28,41-42H,5-8,13-14,21-22H2,1-2H3/t27-,28-/m1/s1. The molecule has 2 aliphatic heterocycles. The second-order valence-corrected chi connectivity index (χ2v) is 14.1. The Morgan fingerprint density at radius 2 is 1.06 bits per heavy atom. The van der Waals surface area contributed by atoms with Gasteiger partial charge in [0.1, 0.15) is 11.0 Å². The summed E-state index contributed by atoms with van der Waals surface area (Å²) in [6.45, 7) is 7.29. The van der Waals surface area contributed by atoms with Gasteiger partial charge < -0.3 is 28.6 Å². The minimum atomic E-state index is -0.00455. The van der Waals surface area contributed by atoms with Crippen molar-refractivity contribution in [2.24, 2.45) is 0 Å². The molecule has 0 amide bonds. The lowest BCUT2D eigenvalue weighted by Crippen LogP contribution is -2.33. The first kappa shape index (κ1) is 31.2. The maximum Gasteiger partial charge on any atom is 0.275 e. The lowest BCUT2D eigenvalue weighted by atomic mass is 9.97. The molecule has 0 aliphatic carbocycles. The molecule has 2 aliphatic rings. The van der Waals surface area contributed by atoms with Crippen LogP contribution in [0.5, 0.6) is 0 Å². The van der Waals surface area contributed by atoms with Crippen LogP contribution in [0.1, 0.15) is 37.1 Å². The van der Waals surface area contributed by atoms with E-state index in [0.717, 1.165) is 83.5 Å². The highest BCUT2D eigenvalue weighted by atomic mass is 35.5. The summed E-state index contributed by atoms with van der Waals surface area (Å²) >= 11 is 14.3. The lowest BCUT2D eigenvalue weighted by molar-refractivity contribution is 0.491. The second kappa shape index (κ2) is 12.4. The van der Waals surface area contributed by atoms with E-state index in [1.165, 1.54) is 0 Å². The normalized spacial score (nSPS) is 18.1. The molecule has 2 aromatic carbocycles. The van der Waals surface area contributed by atoms with Gasteiger partial charge in [0.2, 0.25) is 0 Å². The number of rotatable bonds is 7. The minimum absolute atomic E-state index is 0.00455. The van der Waals surface area contributed by atoms with Gasteiger partial charge in [0.15, 0.2) is 0 Å². The molecule has 10 heteroatoms. The predicted molar refractivity (Wildman–Crippen MR) is 195 cm³/mol. The zero-order chi connectivity index (χ0) is 33.1. The van der Waals surface area contributed by atoms with E-state index < -0.39 is 0 Å². The van der Waals surface area contributed by atoms with Crippen LogP contribution in [0.15, 0.2) is 82.9 Å². The summed E-state index contributed by atoms with van der Waals surface area (Å²) in [6.07, 6.45) is 12.4. The topological polar surface area (TPSA) is 76.9 Å². The first-order chi connectivity index (χ1) is 23.3. The molecule has 48 heavy (non-hydrogen) atoms. The van der Waals surface area contributed by atoms with Crippen molar-refractivity contribution >= 4 is 34.2 Å². The van der Waals surface area contributed by atoms with Crippen molar-refractivity contribution in [2.45, 2.75) is 64.7 Å². The quantitative estimate of drug-likeness (QED) is 0.192. The molecule has 2 atom stereocenters. The number of aryl methyl sites for hydroxylation is 2. The highest BCUT2D eigenvalue weighted by molar-refractivity contribution is 6.39. The predicted octanol–water partition coefficient (Wildman–Crippen LogP) is 6.94. The number of nitrogens with zero attached hydrogens (tertiary/aromatic N) is 4. The molecule has 0 bridgehead atoms. The summed E-state index contributed by atoms with van der Waals surface area (Å²) in [5, 5.41) is 8.11. The van der Waals surface area contributed by atoms with E-state index >= 15 is 0 Å². The molecule has 6 aromatic rings. The van der Waals surface area contributed by atoms with Gasteiger partial charge in [-0.05, 0) is 64.8 Å². The van der Waals surface area contributed by atoms with Gasteiger partial charge in [-0.25, -0.2) is 0 Å². The molecule has 0 spiro atoms. The number of hydrogen-bond donors (Lipinski definition) is 2. The molecule has 2 saturated heterocycles. The van der Waals surface area contributed by atoms with Gasteiger partial charge in [-0.15, -0.1) is 0 Å².